The number of hydrazine groups is 1. The van der Waals surface area contributed by atoms with Crippen LogP contribution in [0.2, 0.25) is 10.0 Å². The number of amides is 1. The number of halogens is 2. The fourth-order valence-electron chi connectivity index (χ4n) is 2.04. The summed E-state index contributed by atoms with van der Waals surface area (Å²) >= 11 is 12.4. The van der Waals surface area contributed by atoms with Gasteiger partial charge >= 0.3 is 0 Å². The molecule has 0 fully saturated rings. The Balaban J connectivity index is 1.94. The van der Waals surface area contributed by atoms with Crippen LogP contribution in [0.5, 0.6) is 5.75 Å². The van der Waals surface area contributed by atoms with Crippen LogP contribution >= 0.6 is 23.2 Å². The first kappa shape index (κ1) is 18.6. The minimum Gasteiger partial charge on any atom is -0.490 e. The molecule has 0 aliphatic carbocycles. The molecule has 0 spiro atoms. The zero-order chi connectivity index (χ0) is 17.4. The van der Waals surface area contributed by atoms with Gasteiger partial charge in [0.05, 0.1) is 16.7 Å². The van der Waals surface area contributed by atoms with Crippen molar-refractivity contribution < 1.29 is 9.53 Å². The molecular formula is C18H20Cl2N2O2. The molecule has 2 aromatic carbocycles. The van der Waals surface area contributed by atoms with E-state index in [1.54, 1.807) is 12.1 Å². The molecular weight excluding hydrogens is 347 g/mol. The van der Waals surface area contributed by atoms with E-state index < -0.39 is 0 Å². The smallest absolute Gasteiger partial charge is 0.265 e. The molecule has 0 bridgehead atoms. The van der Waals surface area contributed by atoms with Crippen molar-refractivity contribution >= 4 is 29.1 Å². The molecule has 1 amide bonds. The summed E-state index contributed by atoms with van der Waals surface area (Å²) in [7, 11) is 0. The Kier molecular flexibility index (Phi) is 7.37. The zero-order valence-corrected chi connectivity index (χ0v) is 15.0. The highest BCUT2D eigenvalue weighted by Gasteiger charge is 2.14. The Morgan fingerprint density at radius 1 is 1.12 bits per heavy atom. The summed E-state index contributed by atoms with van der Waals surface area (Å²) in [6.45, 7) is 3.13. The summed E-state index contributed by atoms with van der Waals surface area (Å²) in [5, 5.41) is 0.652. The van der Waals surface area contributed by atoms with Gasteiger partial charge in [-0.1, -0.05) is 66.9 Å². The molecule has 0 saturated carbocycles. The first-order chi connectivity index (χ1) is 11.6. The number of nitrogens with one attached hydrogen (secondary N) is 2. The van der Waals surface area contributed by atoms with Crippen LogP contribution in [-0.4, -0.2) is 12.5 Å². The third-order valence-electron chi connectivity index (χ3n) is 3.34. The lowest BCUT2D eigenvalue weighted by Gasteiger charge is -2.12. The lowest BCUT2D eigenvalue weighted by Crippen LogP contribution is -2.36. The minimum absolute atomic E-state index is 0.310. The Hall–Kier alpha value is -1.75. The van der Waals surface area contributed by atoms with Gasteiger partial charge in [-0.15, -0.1) is 0 Å². The summed E-state index contributed by atoms with van der Waals surface area (Å²) in [5.41, 5.74) is 6.94. The first-order valence-corrected chi connectivity index (χ1v) is 8.56. The number of hydrogen-bond donors (Lipinski definition) is 2. The Morgan fingerprint density at radius 3 is 2.42 bits per heavy atom. The molecule has 2 rings (SSSR count). The molecule has 4 nitrogen and oxygen atoms in total. The highest BCUT2D eigenvalue weighted by molar-refractivity contribution is 6.37. The number of benzene rings is 2. The SMILES string of the molecule is CCCCOc1c(Cl)cc(C(=O)NNCc2ccccc2)cc1Cl. The van der Waals surface area contributed by atoms with Crippen LogP contribution in [-0.2, 0) is 6.54 Å². The first-order valence-electron chi connectivity index (χ1n) is 7.80. The number of carbonyl (C=O) groups excluding carboxylic acids is 1. The quantitative estimate of drug-likeness (QED) is 0.529. The van der Waals surface area contributed by atoms with Gasteiger partial charge in [0.1, 0.15) is 0 Å². The normalized spacial score (nSPS) is 10.5. The molecule has 6 heteroatoms. The van der Waals surface area contributed by atoms with Crippen LogP contribution < -0.4 is 15.6 Å². The maximum atomic E-state index is 12.2. The van der Waals surface area contributed by atoms with Crippen molar-refractivity contribution in [2.24, 2.45) is 0 Å². The molecule has 0 aliphatic rings. The van der Waals surface area contributed by atoms with E-state index in [4.69, 9.17) is 27.9 Å². The van der Waals surface area contributed by atoms with E-state index in [0.29, 0.717) is 34.5 Å². The number of hydrogen-bond acceptors (Lipinski definition) is 3. The maximum Gasteiger partial charge on any atom is 0.265 e. The molecule has 0 atom stereocenters. The third-order valence-corrected chi connectivity index (χ3v) is 3.90. The van der Waals surface area contributed by atoms with Crippen LogP contribution in [0.25, 0.3) is 0 Å². The predicted molar refractivity (Wildman–Crippen MR) is 97.6 cm³/mol. The van der Waals surface area contributed by atoms with Crippen molar-refractivity contribution in [3.63, 3.8) is 0 Å². The second kappa shape index (κ2) is 9.52. The number of unbranched alkanes of at least 4 members (excludes halogenated alkanes) is 1. The van der Waals surface area contributed by atoms with Crippen LogP contribution in [0, 0.1) is 0 Å². The molecule has 0 saturated heterocycles. The van der Waals surface area contributed by atoms with E-state index >= 15 is 0 Å². The highest BCUT2D eigenvalue weighted by Crippen LogP contribution is 2.34. The van der Waals surface area contributed by atoms with Gasteiger partial charge in [0.25, 0.3) is 5.91 Å². The molecule has 0 unspecified atom stereocenters. The van der Waals surface area contributed by atoms with Crippen molar-refractivity contribution in [1.29, 1.82) is 0 Å². The topological polar surface area (TPSA) is 50.4 Å². The number of carbonyl (C=O) groups is 1. The fourth-order valence-corrected chi connectivity index (χ4v) is 2.64. The summed E-state index contributed by atoms with van der Waals surface area (Å²) in [6.07, 6.45) is 1.93. The Bertz CT molecular complexity index is 655. The lowest BCUT2D eigenvalue weighted by molar-refractivity contribution is 0.0932. The van der Waals surface area contributed by atoms with Crippen LogP contribution in [0.4, 0.5) is 0 Å². The van der Waals surface area contributed by atoms with Gasteiger partial charge in [-0.2, -0.15) is 0 Å². The van der Waals surface area contributed by atoms with Gasteiger partial charge in [-0.3, -0.25) is 10.2 Å². The van der Waals surface area contributed by atoms with Gasteiger partial charge in [0.15, 0.2) is 5.75 Å². The van der Waals surface area contributed by atoms with Gasteiger partial charge < -0.3 is 4.74 Å². The molecule has 0 radical (unpaired) electrons. The monoisotopic (exact) mass is 366 g/mol. The molecule has 2 aromatic rings. The zero-order valence-electron chi connectivity index (χ0n) is 13.4. The standard InChI is InChI=1S/C18H20Cl2N2O2/c1-2-3-9-24-17-15(19)10-14(11-16(17)20)18(23)22-21-12-13-7-5-4-6-8-13/h4-8,10-11,21H,2-3,9,12H2,1H3,(H,22,23). The fraction of sp³-hybridized carbons (Fsp3) is 0.278. The van der Waals surface area contributed by atoms with Crippen molar-refractivity contribution in [1.82, 2.24) is 10.9 Å². The predicted octanol–water partition coefficient (Wildman–Crippen LogP) is 4.61. The molecule has 128 valence electrons. The van der Waals surface area contributed by atoms with Gasteiger partial charge in [0, 0.05) is 12.1 Å². The second-order valence-corrected chi connectivity index (χ2v) is 6.08. The Labute approximate surface area is 152 Å². The summed E-state index contributed by atoms with van der Waals surface area (Å²) in [4.78, 5) is 12.2. The number of ether oxygens (including phenoxy) is 1. The van der Waals surface area contributed by atoms with Gasteiger partial charge in [-0.05, 0) is 24.1 Å². The molecule has 0 aromatic heterocycles. The van der Waals surface area contributed by atoms with Gasteiger partial charge in [0.2, 0.25) is 0 Å². The van der Waals surface area contributed by atoms with Crippen LogP contribution in [0.1, 0.15) is 35.7 Å². The van der Waals surface area contributed by atoms with Crippen molar-refractivity contribution in [3.8, 4) is 5.75 Å². The van der Waals surface area contributed by atoms with Crippen molar-refractivity contribution in [2.45, 2.75) is 26.3 Å². The molecule has 2 N–H and O–H groups in total. The summed E-state index contributed by atoms with van der Waals surface area (Å²) in [5.74, 6) is 0.107. The van der Waals surface area contributed by atoms with E-state index in [9.17, 15) is 4.79 Å². The number of rotatable bonds is 8. The van der Waals surface area contributed by atoms with Crippen LogP contribution in [0.15, 0.2) is 42.5 Å². The highest BCUT2D eigenvalue weighted by atomic mass is 35.5. The second-order valence-electron chi connectivity index (χ2n) is 5.26. The van der Waals surface area contributed by atoms with Crippen molar-refractivity contribution in [2.75, 3.05) is 6.61 Å². The van der Waals surface area contributed by atoms with E-state index in [1.165, 1.54) is 0 Å². The Morgan fingerprint density at radius 2 is 1.79 bits per heavy atom. The van der Waals surface area contributed by atoms with E-state index in [0.717, 1.165) is 18.4 Å². The summed E-state index contributed by atoms with van der Waals surface area (Å²) < 4.78 is 5.57. The third kappa shape index (κ3) is 5.41. The van der Waals surface area contributed by atoms with Crippen LogP contribution in [0.3, 0.4) is 0 Å². The average Bonchev–Trinajstić information content (AvgIpc) is 2.58. The van der Waals surface area contributed by atoms with Crippen molar-refractivity contribution in [3.05, 3.63) is 63.6 Å². The molecule has 0 heterocycles. The van der Waals surface area contributed by atoms with E-state index in [2.05, 4.69) is 17.8 Å². The molecule has 0 aliphatic heterocycles. The lowest BCUT2D eigenvalue weighted by atomic mass is 10.2. The maximum absolute atomic E-state index is 12.2. The largest absolute Gasteiger partial charge is 0.490 e. The summed E-state index contributed by atoms with van der Waals surface area (Å²) in [6, 6.07) is 12.9. The van der Waals surface area contributed by atoms with E-state index in [1.807, 2.05) is 30.3 Å². The average molecular weight is 367 g/mol. The minimum atomic E-state index is -0.310. The van der Waals surface area contributed by atoms with Gasteiger partial charge in [-0.25, -0.2) is 5.43 Å². The molecule has 24 heavy (non-hydrogen) atoms. The van der Waals surface area contributed by atoms with E-state index in [-0.39, 0.29) is 5.91 Å².